The molecule has 3 aromatic rings. The topological polar surface area (TPSA) is 83.6 Å². The van der Waals surface area contributed by atoms with Crippen LogP contribution in [0.25, 0.3) is 10.9 Å². The fourth-order valence-corrected chi connectivity index (χ4v) is 2.54. The zero-order valence-corrected chi connectivity index (χ0v) is 12.2. The van der Waals surface area contributed by atoms with Crippen LogP contribution in [0.2, 0.25) is 0 Å². The Morgan fingerprint density at radius 3 is 3.00 bits per heavy atom. The summed E-state index contributed by atoms with van der Waals surface area (Å²) < 4.78 is 13.8. The Labute approximate surface area is 130 Å². The maximum absolute atomic E-state index is 13.8. The van der Waals surface area contributed by atoms with Crippen molar-refractivity contribution in [3.63, 3.8) is 0 Å². The Morgan fingerprint density at radius 2 is 2.17 bits per heavy atom. The molecule has 2 heterocycles. The third kappa shape index (κ3) is 2.77. The molecule has 1 fully saturated rings. The second-order valence-electron chi connectivity index (χ2n) is 5.61. The standard InChI is InChI=1S/C16H14FN5O/c17-12-3-1-2-11-14(12)19-8-20-16(11)18-7-10-6-13(23)22-15(21-10)9-4-5-9/h1-3,6,8-9H,4-5,7H2,(H,18,19,20)(H,21,22,23). The first-order valence-corrected chi connectivity index (χ1v) is 7.44. The highest BCUT2D eigenvalue weighted by molar-refractivity contribution is 5.89. The van der Waals surface area contributed by atoms with Crippen molar-refractivity contribution >= 4 is 16.7 Å². The van der Waals surface area contributed by atoms with Gasteiger partial charge in [0, 0.05) is 17.4 Å². The van der Waals surface area contributed by atoms with Gasteiger partial charge in [0.25, 0.3) is 5.56 Å². The summed E-state index contributed by atoms with van der Waals surface area (Å²) in [5.41, 5.74) is 0.749. The molecule has 6 nitrogen and oxygen atoms in total. The number of para-hydroxylation sites is 1. The van der Waals surface area contributed by atoms with Crippen molar-refractivity contribution in [2.24, 2.45) is 0 Å². The number of benzene rings is 1. The quantitative estimate of drug-likeness (QED) is 0.772. The van der Waals surface area contributed by atoms with Crippen molar-refractivity contribution in [3.8, 4) is 0 Å². The Hall–Kier alpha value is -2.83. The average Bonchev–Trinajstić information content (AvgIpc) is 3.38. The SMILES string of the molecule is O=c1cc(CNc2ncnc3c(F)cccc23)nc(C2CC2)[nH]1. The monoisotopic (exact) mass is 311 g/mol. The van der Waals surface area contributed by atoms with E-state index in [2.05, 4.69) is 25.3 Å². The molecule has 2 N–H and O–H groups in total. The first-order valence-electron chi connectivity index (χ1n) is 7.44. The van der Waals surface area contributed by atoms with Crippen LogP contribution in [0, 0.1) is 5.82 Å². The molecule has 0 radical (unpaired) electrons. The van der Waals surface area contributed by atoms with Gasteiger partial charge in [0.15, 0.2) is 0 Å². The molecule has 23 heavy (non-hydrogen) atoms. The summed E-state index contributed by atoms with van der Waals surface area (Å²) in [7, 11) is 0. The number of rotatable bonds is 4. The number of aromatic amines is 1. The van der Waals surface area contributed by atoms with Crippen LogP contribution in [-0.2, 0) is 6.54 Å². The van der Waals surface area contributed by atoms with E-state index in [0.29, 0.717) is 29.4 Å². The summed E-state index contributed by atoms with van der Waals surface area (Å²) in [4.78, 5) is 27.1. The summed E-state index contributed by atoms with van der Waals surface area (Å²) in [5, 5.41) is 3.71. The van der Waals surface area contributed by atoms with Crippen LogP contribution >= 0.6 is 0 Å². The molecule has 0 spiro atoms. The summed E-state index contributed by atoms with van der Waals surface area (Å²) in [6.45, 7) is 0.340. The molecule has 0 amide bonds. The number of halogens is 1. The molecule has 0 atom stereocenters. The van der Waals surface area contributed by atoms with Gasteiger partial charge >= 0.3 is 0 Å². The van der Waals surface area contributed by atoms with Gasteiger partial charge in [0.05, 0.1) is 12.2 Å². The van der Waals surface area contributed by atoms with Gasteiger partial charge in [0.1, 0.15) is 29.3 Å². The van der Waals surface area contributed by atoms with Gasteiger partial charge in [0.2, 0.25) is 0 Å². The normalized spacial score (nSPS) is 14.1. The van der Waals surface area contributed by atoms with E-state index in [4.69, 9.17) is 0 Å². The third-order valence-corrected chi connectivity index (χ3v) is 3.83. The fraction of sp³-hybridized carbons (Fsp3) is 0.250. The Balaban J connectivity index is 1.62. The van der Waals surface area contributed by atoms with E-state index in [0.717, 1.165) is 18.7 Å². The second-order valence-corrected chi connectivity index (χ2v) is 5.61. The highest BCUT2D eigenvalue weighted by atomic mass is 19.1. The lowest BCUT2D eigenvalue weighted by atomic mass is 10.2. The van der Waals surface area contributed by atoms with Crippen molar-refractivity contribution in [3.05, 3.63) is 58.3 Å². The Morgan fingerprint density at radius 1 is 1.30 bits per heavy atom. The zero-order valence-electron chi connectivity index (χ0n) is 12.2. The molecule has 2 aromatic heterocycles. The number of hydrogen-bond acceptors (Lipinski definition) is 5. The van der Waals surface area contributed by atoms with Crippen molar-refractivity contribution in [2.45, 2.75) is 25.3 Å². The van der Waals surface area contributed by atoms with Crippen LogP contribution in [-0.4, -0.2) is 19.9 Å². The Bertz CT molecular complexity index is 935. The van der Waals surface area contributed by atoms with Crippen molar-refractivity contribution in [2.75, 3.05) is 5.32 Å². The van der Waals surface area contributed by atoms with Crippen LogP contribution < -0.4 is 10.9 Å². The summed E-state index contributed by atoms with van der Waals surface area (Å²) in [5.74, 6) is 1.24. The number of nitrogens with zero attached hydrogens (tertiary/aromatic N) is 3. The lowest BCUT2D eigenvalue weighted by Gasteiger charge is -2.09. The van der Waals surface area contributed by atoms with Crippen LogP contribution in [0.5, 0.6) is 0 Å². The van der Waals surface area contributed by atoms with Gasteiger partial charge in [-0.15, -0.1) is 0 Å². The lowest BCUT2D eigenvalue weighted by Crippen LogP contribution is -2.14. The third-order valence-electron chi connectivity index (χ3n) is 3.83. The minimum Gasteiger partial charge on any atom is -0.364 e. The number of anilines is 1. The van der Waals surface area contributed by atoms with Gasteiger partial charge < -0.3 is 10.3 Å². The van der Waals surface area contributed by atoms with Crippen LogP contribution in [0.15, 0.2) is 35.4 Å². The van der Waals surface area contributed by atoms with Crippen molar-refractivity contribution < 1.29 is 4.39 Å². The first-order chi connectivity index (χ1) is 11.2. The van der Waals surface area contributed by atoms with Gasteiger partial charge in [-0.2, -0.15) is 0 Å². The van der Waals surface area contributed by atoms with Crippen LogP contribution in [0.3, 0.4) is 0 Å². The van der Waals surface area contributed by atoms with Gasteiger partial charge in [-0.1, -0.05) is 6.07 Å². The Kier molecular flexibility index (Phi) is 3.25. The van der Waals surface area contributed by atoms with E-state index in [1.54, 1.807) is 12.1 Å². The average molecular weight is 311 g/mol. The van der Waals surface area contributed by atoms with E-state index >= 15 is 0 Å². The minimum atomic E-state index is -0.391. The molecule has 0 aliphatic heterocycles. The number of H-pyrrole nitrogens is 1. The molecule has 1 aliphatic carbocycles. The van der Waals surface area contributed by atoms with Crippen molar-refractivity contribution in [1.82, 2.24) is 19.9 Å². The summed E-state index contributed by atoms with van der Waals surface area (Å²) in [6.07, 6.45) is 3.44. The zero-order chi connectivity index (χ0) is 15.8. The molecule has 0 saturated heterocycles. The number of fused-ring (bicyclic) bond motifs is 1. The molecular weight excluding hydrogens is 297 g/mol. The summed E-state index contributed by atoms with van der Waals surface area (Å²) in [6, 6.07) is 6.19. The van der Waals surface area contributed by atoms with Crippen molar-refractivity contribution in [1.29, 1.82) is 0 Å². The van der Waals surface area contributed by atoms with Gasteiger partial charge in [-0.05, 0) is 25.0 Å². The smallest absolute Gasteiger partial charge is 0.251 e. The molecule has 0 bridgehead atoms. The second kappa shape index (κ2) is 5.42. The van der Waals surface area contributed by atoms with E-state index in [9.17, 15) is 9.18 Å². The molecular formula is C16H14FN5O. The predicted octanol–water partition coefficient (Wildman–Crippen LogP) is 2.34. The predicted molar refractivity (Wildman–Crippen MR) is 83.7 cm³/mol. The van der Waals surface area contributed by atoms with E-state index in [1.807, 2.05) is 0 Å². The minimum absolute atomic E-state index is 0.155. The van der Waals surface area contributed by atoms with Gasteiger partial charge in [-0.3, -0.25) is 4.79 Å². The molecule has 1 aromatic carbocycles. The molecule has 0 unspecified atom stereocenters. The van der Waals surface area contributed by atoms with E-state index in [-0.39, 0.29) is 11.1 Å². The number of nitrogens with one attached hydrogen (secondary N) is 2. The lowest BCUT2D eigenvalue weighted by molar-refractivity contribution is 0.636. The van der Waals surface area contributed by atoms with Crippen LogP contribution in [0.4, 0.5) is 10.2 Å². The largest absolute Gasteiger partial charge is 0.364 e. The maximum atomic E-state index is 13.8. The molecule has 4 rings (SSSR count). The maximum Gasteiger partial charge on any atom is 0.251 e. The fourth-order valence-electron chi connectivity index (χ4n) is 2.54. The number of hydrogen-bond donors (Lipinski definition) is 2. The molecule has 1 aliphatic rings. The highest BCUT2D eigenvalue weighted by Crippen LogP contribution is 2.37. The first kappa shape index (κ1) is 13.8. The molecule has 1 saturated carbocycles. The summed E-state index contributed by atoms with van der Waals surface area (Å²) >= 11 is 0. The molecule has 7 heteroatoms. The number of aromatic nitrogens is 4. The van der Waals surface area contributed by atoms with Gasteiger partial charge in [-0.25, -0.2) is 19.3 Å². The van der Waals surface area contributed by atoms with Crippen LogP contribution in [0.1, 0.15) is 30.3 Å². The van der Waals surface area contributed by atoms with E-state index in [1.165, 1.54) is 18.5 Å². The van der Waals surface area contributed by atoms with E-state index < -0.39 is 5.82 Å². The highest BCUT2D eigenvalue weighted by Gasteiger charge is 2.26. The molecule has 116 valence electrons.